The molecule has 0 unspecified atom stereocenters. The van der Waals surface area contributed by atoms with Gasteiger partial charge in [0, 0.05) is 5.92 Å². The fraction of sp³-hybridized carbons (Fsp3) is 0.647. The molecule has 0 aliphatic carbocycles. The summed E-state index contributed by atoms with van der Waals surface area (Å²) in [6.07, 6.45) is 4.89. The Morgan fingerprint density at radius 2 is 2.09 bits per heavy atom. The fourth-order valence-corrected chi connectivity index (χ4v) is 3.44. The van der Waals surface area contributed by atoms with Gasteiger partial charge in [0.15, 0.2) is 0 Å². The van der Waals surface area contributed by atoms with Gasteiger partial charge in [-0.25, -0.2) is 4.79 Å². The number of aliphatic carboxylic acids is 1. The maximum absolute atomic E-state index is 13.1. The molecule has 1 amide bonds. The van der Waals surface area contributed by atoms with Crippen LogP contribution < -0.4 is 5.32 Å². The maximum atomic E-state index is 13.1. The molecule has 1 fully saturated rings. The molecule has 0 aromatic heterocycles. The quantitative estimate of drug-likeness (QED) is 0.780. The molecule has 2 heterocycles. The second-order valence-electron chi connectivity index (χ2n) is 7.41. The number of carboxylic acids is 1. The molecule has 122 valence electrons. The Morgan fingerprint density at radius 1 is 1.45 bits per heavy atom. The molecule has 4 atom stereocenters. The van der Waals surface area contributed by atoms with Gasteiger partial charge in [0.05, 0.1) is 12.1 Å². The molecular weight excluding hydrogens is 280 g/mol. The van der Waals surface area contributed by atoms with Gasteiger partial charge >= 0.3 is 5.97 Å². The predicted molar refractivity (Wildman–Crippen MR) is 85.4 cm³/mol. The summed E-state index contributed by atoms with van der Waals surface area (Å²) >= 11 is 0. The molecule has 2 aliphatic heterocycles. The summed E-state index contributed by atoms with van der Waals surface area (Å²) in [6.45, 7) is 12.1. The Hall–Kier alpha value is -1.62. The first kappa shape index (κ1) is 16.7. The lowest BCUT2D eigenvalue weighted by molar-refractivity contribution is -0.157. The Kier molecular flexibility index (Phi) is 4.47. The van der Waals surface area contributed by atoms with Crippen molar-refractivity contribution in [2.24, 2.45) is 11.3 Å². The first-order chi connectivity index (χ1) is 10.1. The Morgan fingerprint density at radius 3 is 2.59 bits per heavy atom. The minimum absolute atomic E-state index is 0.133. The van der Waals surface area contributed by atoms with E-state index in [4.69, 9.17) is 0 Å². The van der Waals surface area contributed by atoms with Crippen LogP contribution in [0.3, 0.4) is 0 Å². The van der Waals surface area contributed by atoms with Crippen LogP contribution in [0.15, 0.2) is 24.3 Å². The van der Waals surface area contributed by atoms with Crippen molar-refractivity contribution in [2.45, 2.75) is 52.2 Å². The van der Waals surface area contributed by atoms with Crippen molar-refractivity contribution < 1.29 is 14.7 Å². The monoisotopic (exact) mass is 306 g/mol. The van der Waals surface area contributed by atoms with Gasteiger partial charge in [-0.1, -0.05) is 45.1 Å². The summed E-state index contributed by atoms with van der Waals surface area (Å²) < 4.78 is 0. The number of carboxylic acid groups (broad SMARTS) is 1. The second-order valence-corrected chi connectivity index (χ2v) is 7.41. The number of hydrogen-bond donors (Lipinski definition) is 2. The normalized spacial score (nSPS) is 29.9. The first-order valence-electron chi connectivity index (χ1n) is 7.76. The average molecular weight is 306 g/mol. The summed E-state index contributed by atoms with van der Waals surface area (Å²) in [5, 5.41) is 13.0. The molecule has 0 bridgehead atoms. The van der Waals surface area contributed by atoms with Gasteiger partial charge in [-0.2, -0.15) is 0 Å². The van der Waals surface area contributed by atoms with Crippen molar-refractivity contribution in [2.75, 3.05) is 6.54 Å². The zero-order valence-corrected chi connectivity index (χ0v) is 13.8. The van der Waals surface area contributed by atoms with Crippen molar-refractivity contribution in [3.8, 4) is 0 Å². The first-order valence-corrected chi connectivity index (χ1v) is 7.76. The fourth-order valence-electron chi connectivity index (χ4n) is 3.44. The third-order valence-electron chi connectivity index (χ3n) is 4.47. The predicted octanol–water partition coefficient (Wildman–Crippen LogP) is 1.81. The van der Waals surface area contributed by atoms with Crippen LogP contribution in [-0.2, 0) is 9.59 Å². The molecular formula is C17H26N2O3. The summed E-state index contributed by atoms with van der Waals surface area (Å²) in [6, 6.07) is -1.60. The van der Waals surface area contributed by atoms with Crippen molar-refractivity contribution in [3.63, 3.8) is 0 Å². The molecule has 5 nitrogen and oxygen atoms in total. The molecule has 2 aliphatic rings. The van der Waals surface area contributed by atoms with E-state index in [0.29, 0.717) is 0 Å². The number of hydrogen-bond acceptors (Lipinski definition) is 3. The van der Waals surface area contributed by atoms with Gasteiger partial charge in [0.25, 0.3) is 0 Å². The second kappa shape index (κ2) is 5.88. The molecule has 0 spiro atoms. The van der Waals surface area contributed by atoms with Crippen LogP contribution >= 0.6 is 0 Å². The van der Waals surface area contributed by atoms with E-state index < -0.39 is 17.4 Å². The number of carbonyl (C=O) groups excluding carboxylic acids is 1. The standard InChI is InChI=1S/C17H26N2O3/c1-10(2)12-7-6-11-8-9-18-13(11)15(20)19(12)14(16(21)22)17(3,4)5/h6-7,11-14,18H,1,8-9H2,2-5H3,(H,21,22)/t11-,12-,13-,14+/m0/s1. The third-order valence-corrected chi connectivity index (χ3v) is 4.47. The minimum Gasteiger partial charge on any atom is -0.480 e. The SMILES string of the molecule is C=C(C)[C@@H]1C=C[C@H]2CCN[C@@H]2C(=O)N1[C@H](C(=O)O)C(C)(C)C. The Bertz CT molecular complexity index is 518. The topological polar surface area (TPSA) is 69.6 Å². The van der Waals surface area contributed by atoms with E-state index in [0.717, 1.165) is 18.5 Å². The van der Waals surface area contributed by atoms with Crippen LogP contribution in [0.4, 0.5) is 0 Å². The van der Waals surface area contributed by atoms with Crippen LogP contribution in [-0.4, -0.2) is 46.6 Å². The lowest BCUT2D eigenvalue weighted by Crippen LogP contribution is -2.59. The Labute approximate surface area is 132 Å². The number of amides is 1. The highest BCUT2D eigenvalue weighted by molar-refractivity contribution is 5.89. The van der Waals surface area contributed by atoms with Gasteiger partial charge in [0.2, 0.25) is 5.91 Å². The van der Waals surface area contributed by atoms with E-state index in [1.165, 1.54) is 4.90 Å². The van der Waals surface area contributed by atoms with E-state index in [2.05, 4.69) is 11.9 Å². The van der Waals surface area contributed by atoms with Gasteiger partial charge < -0.3 is 15.3 Å². The Balaban J connectivity index is 2.51. The van der Waals surface area contributed by atoms with Crippen LogP contribution in [0.25, 0.3) is 0 Å². The number of carbonyl (C=O) groups is 2. The molecule has 0 aromatic carbocycles. The van der Waals surface area contributed by atoms with Gasteiger partial charge in [0.1, 0.15) is 6.04 Å². The summed E-state index contributed by atoms with van der Waals surface area (Å²) in [5.41, 5.74) is 0.210. The summed E-state index contributed by atoms with van der Waals surface area (Å²) in [4.78, 5) is 26.5. The lowest BCUT2D eigenvalue weighted by atomic mass is 9.84. The number of nitrogens with zero attached hydrogens (tertiary/aromatic N) is 1. The molecule has 0 saturated carbocycles. The van der Waals surface area contributed by atoms with E-state index in [1.54, 1.807) is 0 Å². The molecule has 2 N–H and O–H groups in total. The zero-order valence-electron chi connectivity index (χ0n) is 13.8. The third kappa shape index (κ3) is 2.95. The highest BCUT2D eigenvalue weighted by Gasteiger charge is 2.47. The van der Waals surface area contributed by atoms with Gasteiger partial charge in [-0.15, -0.1) is 0 Å². The highest BCUT2D eigenvalue weighted by atomic mass is 16.4. The highest BCUT2D eigenvalue weighted by Crippen LogP contribution is 2.33. The van der Waals surface area contributed by atoms with E-state index in [9.17, 15) is 14.7 Å². The largest absolute Gasteiger partial charge is 0.480 e. The number of fused-ring (bicyclic) bond motifs is 1. The van der Waals surface area contributed by atoms with Crippen molar-refractivity contribution >= 4 is 11.9 Å². The lowest BCUT2D eigenvalue weighted by Gasteiger charge is -2.41. The summed E-state index contributed by atoms with van der Waals surface area (Å²) in [5.74, 6) is -0.978. The number of rotatable bonds is 3. The molecule has 0 radical (unpaired) electrons. The molecule has 5 heteroatoms. The van der Waals surface area contributed by atoms with Crippen molar-refractivity contribution in [1.29, 1.82) is 0 Å². The van der Waals surface area contributed by atoms with E-state index in [-0.39, 0.29) is 23.9 Å². The zero-order chi connectivity index (χ0) is 16.7. The van der Waals surface area contributed by atoms with Gasteiger partial charge in [-0.05, 0) is 25.3 Å². The van der Waals surface area contributed by atoms with Gasteiger partial charge in [-0.3, -0.25) is 4.79 Å². The maximum Gasteiger partial charge on any atom is 0.327 e. The van der Waals surface area contributed by atoms with E-state index >= 15 is 0 Å². The molecule has 0 aromatic rings. The van der Waals surface area contributed by atoms with Crippen LogP contribution in [0.5, 0.6) is 0 Å². The van der Waals surface area contributed by atoms with E-state index in [1.807, 2.05) is 39.8 Å². The van der Waals surface area contributed by atoms with Crippen molar-refractivity contribution in [1.82, 2.24) is 10.2 Å². The average Bonchev–Trinajstić information content (AvgIpc) is 2.78. The van der Waals surface area contributed by atoms with Crippen LogP contribution in [0, 0.1) is 11.3 Å². The van der Waals surface area contributed by atoms with Crippen LogP contribution in [0.1, 0.15) is 34.1 Å². The number of nitrogens with one attached hydrogen (secondary N) is 1. The van der Waals surface area contributed by atoms with Crippen LogP contribution in [0.2, 0.25) is 0 Å². The smallest absolute Gasteiger partial charge is 0.327 e. The molecule has 22 heavy (non-hydrogen) atoms. The summed E-state index contributed by atoms with van der Waals surface area (Å²) in [7, 11) is 0. The van der Waals surface area contributed by atoms with Crippen molar-refractivity contribution in [3.05, 3.63) is 24.3 Å². The molecule has 1 saturated heterocycles. The molecule has 2 rings (SSSR count). The minimum atomic E-state index is -0.975.